The zero-order valence-corrected chi connectivity index (χ0v) is 14.4. The lowest BCUT2D eigenvalue weighted by Gasteiger charge is -2.21. The van der Waals surface area contributed by atoms with E-state index in [9.17, 15) is 14.4 Å². The number of para-hydroxylation sites is 1. The van der Waals surface area contributed by atoms with Gasteiger partial charge in [-0.25, -0.2) is 9.59 Å². The van der Waals surface area contributed by atoms with Crippen LogP contribution < -0.4 is 11.1 Å². The summed E-state index contributed by atoms with van der Waals surface area (Å²) in [6, 6.07) is 4.19. The molecule has 132 valence electrons. The van der Waals surface area contributed by atoms with Crippen LogP contribution in [0.3, 0.4) is 0 Å². The minimum Gasteiger partial charge on any atom is -0.467 e. The molecule has 0 aliphatic heterocycles. The quantitative estimate of drug-likeness (QED) is 0.576. The van der Waals surface area contributed by atoms with Crippen LogP contribution in [0.15, 0.2) is 18.2 Å². The van der Waals surface area contributed by atoms with E-state index in [-0.39, 0.29) is 11.5 Å². The van der Waals surface area contributed by atoms with Gasteiger partial charge >= 0.3 is 11.9 Å². The van der Waals surface area contributed by atoms with Gasteiger partial charge in [0.15, 0.2) is 6.61 Å². The molecular formula is C17H24N2O5. The van der Waals surface area contributed by atoms with E-state index in [2.05, 4.69) is 10.1 Å². The summed E-state index contributed by atoms with van der Waals surface area (Å²) in [5.41, 5.74) is 7.09. The van der Waals surface area contributed by atoms with Crippen LogP contribution in [0.2, 0.25) is 0 Å². The van der Waals surface area contributed by atoms with Crippen LogP contribution in [0.1, 0.15) is 36.2 Å². The summed E-state index contributed by atoms with van der Waals surface area (Å²) in [6.45, 7) is 4.98. The van der Waals surface area contributed by atoms with E-state index in [1.807, 2.05) is 13.8 Å². The summed E-state index contributed by atoms with van der Waals surface area (Å²) in [4.78, 5) is 35.7. The number of anilines is 1. The number of benzene rings is 1. The zero-order valence-electron chi connectivity index (χ0n) is 14.4. The van der Waals surface area contributed by atoms with Gasteiger partial charge in [0.25, 0.3) is 5.91 Å². The number of nitrogen functional groups attached to an aromatic ring is 1. The Balaban J connectivity index is 2.66. The fourth-order valence-electron chi connectivity index (χ4n) is 2.08. The molecule has 0 unspecified atom stereocenters. The maximum Gasteiger partial charge on any atom is 0.340 e. The Morgan fingerprint density at radius 3 is 2.54 bits per heavy atom. The van der Waals surface area contributed by atoms with Crippen LogP contribution in [0.25, 0.3) is 0 Å². The van der Waals surface area contributed by atoms with Crippen LogP contribution in [0.4, 0.5) is 5.69 Å². The summed E-state index contributed by atoms with van der Waals surface area (Å²) in [5, 5.41) is 2.53. The molecule has 1 aromatic carbocycles. The Kier molecular flexibility index (Phi) is 7.23. The van der Waals surface area contributed by atoms with E-state index in [0.717, 1.165) is 5.56 Å². The highest BCUT2D eigenvalue weighted by Gasteiger charge is 2.27. The SMILES string of the molecule is CC[C@@H](C)[C@H](NC(=O)COC(=O)c1cccc(C)c1N)C(=O)OC. The summed E-state index contributed by atoms with van der Waals surface area (Å²) in [6.07, 6.45) is 0.680. The molecule has 0 aliphatic carbocycles. The van der Waals surface area contributed by atoms with Gasteiger partial charge in [0, 0.05) is 5.69 Å². The van der Waals surface area contributed by atoms with Crippen LogP contribution in [0, 0.1) is 12.8 Å². The largest absolute Gasteiger partial charge is 0.467 e. The van der Waals surface area contributed by atoms with E-state index in [1.165, 1.54) is 13.2 Å². The Hall–Kier alpha value is -2.57. The molecule has 1 aromatic rings. The molecule has 0 spiro atoms. The Morgan fingerprint density at radius 1 is 1.29 bits per heavy atom. The predicted molar refractivity (Wildman–Crippen MR) is 89.3 cm³/mol. The lowest BCUT2D eigenvalue weighted by atomic mass is 9.99. The Bertz CT molecular complexity index is 615. The predicted octanol–water partition coefficient (Wildman–Crippen LogP) is 1.44. The van der Waals surface area contributed by atoms with Gasteiger partial charge < -0.3 is 20.5 Å². The van der Waals surface area contributed by atoms with Crippen molar-refractivity contribution in [3.63, 3.8) is 0 Å². The lowest BCUT2D eigenvalue weighted by Crippen LogP contribution is -2.47. The summed E-state index contributed by atoms with van der Waals surface area (Å²) < 4.78 is 9.65. The van der Waals surface area contributed by atoms with Gasteiger partial charge in [0.2, 0.25) is 0 Å². The van der Waals surface area contributed by atoms with Crippen molar-refractivity contribution in [2.75, 3.05) is 19.5 Å². The van der Waals surface area contributed by atoms with E-state index in [0.29, 0.717) is 12.1 Å². The molecule has 0 radical (unpaired) electrons. The van der Waals surface area contributed by atoms with Crippen molar-refractivity contribution in [3.05, 3.63) is 29.3 Å². The number of nitrogens with two attached hydrogens (primary N) is 1. The molecule has 0 aliphatic rings. The van der Waals surface area contributed by atoms with Gasteiger partial charge in [-0.3, -0.25) is 4.79 Å². The standard InChI is InChI=1S/C17H24N2O5/c1-5-10(2)15(17(22)23-4)19-13(20)9-24-16(21)12-8-6-7-11(3)14(12)18/h6-8,10,15H,5,9,18H2,1-4H3,(H,19,20)/t10-,15+/m1/s1. The van der Waals surface area contributed by atoms with E-state index in [1.54, 1.807) is 19.1 Å². The number of methoxy groups -OCH3 is 1. The minimum absolute atomic E-state index is 0.107. The van der Waals surface area contributed by atoms with E-state index in [4.69, 9.17) is 10.5 Å². The van der Waals surface area contributed by atoms with Gasteiger partial charge in [-0.2, -0.15) is 0 Å². The topological polar surface area (TPSA) is 108 Å². The summed E-state index contributed by atoms with van der Waals surface area (Å²) in [5.74, 6) is -1.91. The van der Waals surface area contributed by atoms with Crippen molar-refractivity contribution in [2.45, 2.75) is 33.2 Å². The molecule has 24 heavy (non-hydrogen) atoms. The number of ether oxygens (including phenoxy) is 2. The van der Waals surface area contributed by atoms with Crippen molar-refractivity contribution < 1.29 is 23.9 Å². The molecule has 2 atom stereocenters. The van der Waals surface area contributed by atoms with E-state index < -0.39 is 30.5 Å². The van der Waals surface area contributed by atoms with Gasteiger partial charge in [-0.05, 0) is 24.5 Å². The molecule has 0 heterocycles. The molecule has 1 rings (SSSR count). The van der Waals surface area contributed by atoms with Crippen molar-refractivity contribution in [1.29, 1.82) is 0 Å². The molecule has 1 amide bonds. The highest BCUT2D eigenvalue weighted by atomic mass is 16.5. The molecule has 0 saturated carbocycles. The number of amides is 1. The van der Waals surface area contributed by atoms with Gasteiger partial charge in [-0.1, -0.05) is 32.4 Å². The fourth-order valence-corrected chi connectivity index (χ4v) is 2.08. The number of carbonyl (C=O) groups is 3. The smallest absolute Gasteiger partial charge is 0.340 e. The molecule has 0 aromatic heterocycles. The normalized spacial score (nSPS) is 12.8. The molecule has 0 saturated heterocycles. The van der Waals surface area contributed by atoms with Gasteiger partial charge in [0.05, 0.1) is 12.7 Å². The van der Waals surface area contributed by atoms with Gasteiger partial charge in [-0.15, -0.1) is 0 Å². The minimum atomic E-state index is -0.782. The Morgan fingerprint density at radius 2 is 1.96 bits per heavy atom. The average Bonchev–Trinajstić information content (AvgIpc) is 2.58. The molecule has 0 fully saturated rings. The third kappa shape index (κ3) is 4.97. The van der Waals surface area contributed by atoms with Crippen molar-refractivity contribution in [3.8, 4) is 0 Å². The fraction of sp³-hybridized carbons (Fsp3) is 0.471. The number of nitrogens with one attached hydrogen (secondary N) is 1. The monoisotopic (exact) mass is 336 g/mol. The van der Waals surface area contributed by atoms with Crippen LogP contribution in [-0.4, -0.2) is 37.6 Å². The first kappa shape index (κ1) is 19.5. The first-order valence-electron chi connectivity index (χ1n) is 7.71. The van der Waals surface area contributed by atoms with Crippen molar-refractivity contribution in [1.82, 2.24) is 5.32 Å². The molecule has 7 heteroatoms. The third-order valence-corrected chi connectivity index (χ3v) is 3.86. The number of aryl methyl sites for hydroxylation is 1. The van der Waals surface area contributed by atoms with Crippen molar-refractivity contribution in [2.24, 2.45) is 5.92 Å². The summed E-state index contributed by atoms with van der Waals surface area (Å²) in [7, 11) is 1.25. The number of rotatable bonds is 7. The average molecular weight is 336 g/mol. The van der Waals surface area contributed by atoms with Crippen LogP contribution in [-0.2, 0) is 19.1 Å². The van der Waals surface area contributed by atoms with Crippen molar-refractivity contribution >= 4 is 23.5 Å². The van der Waals surface area contributed by atoms with Crippen LogP contribution in [0.5, 0.6) is 0 Å². The third-order valence-electron chi connectivity index (χ3n) is 3.86. The number of carbonyl (C=O) groups excluding carboxylic acids is 3. The summed E-state index contributed by atoms with van der Waals surface area (Å²) >= 11 is 0. The highest BCUT2D eigenvalue weighted by molar-refractivity contribution is 5.97. The van der Waals surface area contributed by atoms with E-state index >= 15 is 0 Å². The maximum absolute atomic E-state index is 12.0. The maximum atomic E-state index is 12.0. The first-order valence-corrected chi connectivity index (χ1v) is 7.71. The number of esters is 2. The van der Waals surface area contributed by atoms with Gasteiger partial charge in [0.1, 0.15) is 6.04 Å². The molecule has 3 N–H and O–H groups in total. The first-order chi connectivity index (χ1) is 11.3. The molecule has 7 nitrogen and oxygen atoms in total. The number of hydrogen-bond acceptors (Lipinski definition) is 6. The second-order valence-electron chi connectivity index (χ2n) is 5.57. The highest BCUT2D eigenvalue weighted by Crippen LogP contribution is 2.17. The zero-order chi connectivity index (χ0) is 18.3. The Labute approximate surface area is 141 Å². The lowest BCUT2D eigenvalue weighted by molar-refractivity contribution is -0.147. The molecular weight excluding hydrogens is 312 g/mol. The second kappa shape index (κ2) is 8.90. The molecule has 0 bridgehead atoms. The second-order valence-corrected chi connectivity index (χ2v) is 5.57. The van der Waals surface area contributed by atoms with Crippen LogP contribution >= 0.6 is 0 Å². The number of hydrogen-bond donors (Lipinski definition) is 2.